The molecule has 0 aromatic carbocycles. The van der Waals surface area contributed by atoms with Crippen molar-refractivity contribution < 1.29 is 9.53 Å². The lowest BCUT2D eigenvalue weighted by atomic mass is 10.2. The second-order valence-corrected chi connectivity index (χ2v) is 2.85. The van der Waals surface area contributed by atoms with Crippen LogP contribution in [0.2, 0.25) is 0 Å². The van der Waals surface area contributed by atoms with Crippen LogP contribution in [0.4, 0.5) is 0 Å². The quantitative estimate of drug-likeness (QED) is 0.481. The highest BCUT2D eigenvalue weighted by Gasteiger charge is 2.52. The van der Waals surface area contributed by atoms with E-state index in [-0.39, 0.29) is 5.92 Å². The number of rotatable bonds is 1. The van der Waals surface area contributed by atoms with Crippen molar-refractivity contribution in [3.8, 4) is 0 Å². The minimum atomic E-state index is 0.257. The first-order valence-electron chi connectivity index (χ1n) is 3.50. The van der Waals surface area contributed by atoms with Crippen LogP contribution in [0.25, 0.3) is 0 Å². The van der Waals surface area contributed by atoms with Crippen molar-refractivity contribution >= 4 is 6.29 Å². The predicted octanol–water partition coefficient (Wildman–Crippen LogP) is 0.610. The summed E-state index contributed by atoms with van der Waals surface area (Å²) in [6.07, 6.45) is 3.71. The minimum absolute atomic E-state index is 0.257. The fourth-order valence-electron chi connectivity index (χ4n) is 1.68. The fraction of sp³-hybridized carbons (Fsp3) is 0.857. The zero-order chi connectivity index (χ0) is 6.27. The number of ether oxygens (including phenoxy) is 1. The number of aldehydes is 1. The van der Waals surface area contributed by atoms with E-state index in [1.165, 1.54) is 6.42 Å². The first-order valence-corrected chi connectivity index (χ1v) is 3.50. The topological polar surface area (TPSA) is 26.3 Å². The van der Waals surface area contributed by atoms with Gasteiger partial charge in [-0.2, -0.15) is 0 Å². The van der Waals surface area contributed by atoms with Crippen LogP contribution in [0, 0.1) is 11.8 Å². The Kier molecular flexibility index (Phi) is 1.09. The molecule has 0 amide bonds. The van der Waals surface area contributed by atoms with Crippen molar-refractivity contribution in [2.75, 3.05) is 6.61 Å². The van der Waals surface area contributed by atoms with E-state index < -0.39 is 0 Å². The summed E-state index contributed by atoms with van der Waals surface area (Å²) in [5.74, 6) is 0.851. The van der Waals surface area contributed by atoms with Crippen molar-refractivity contribution in [2.45, 2.75) is 18.9 Å². The molecule has 3 atom stereocenters. The van der Waals surface area contributed by atoms with Crippen molar-refractivity contribution in [3.63, 3.8) is 0 Å². The summed E-state index contributed by atoms with van der Waals surface area (Å²) in [6, 6.07) is 0. The van der Waals surface area contributed by atoms with Crippen LogP contribution < -0.4 is 0 Å². The van der Waals surface area contributed by atoms with Crippen LogP contribution in [0.1, 0.15) is 12.8 Å². The monoisotopic (exact) mass is 126 g/mol. The molecule has 1 aliphatic heterocycles. The van der Waals surface area contributed by atoms with Gasteiger partial charge in [0.1, 0.15) is 6.29 Å². The molecule has 50 valence electrons. The molecular formula is C7H10O2. The van der Waals surface area contributed by atoms with Gasteiger partial charge in [-0.3, -0.25) is 0 Å². The third-order valence-electron chi connectivity index (χ3n) is 2.30. The second kappa shape index (κ2) is 1.81. The molecule has 0 radical (unpaired) electrons. The summed E-state index contributed by atoms with van der Waals surface area (Å²) in [7, 11) is 0. The zero-order valence-corrected chi connectivity index (χ0v) is 5.25. The third kappa shape index (κ3) is 0.697. The SMILES string of the molecule is O=CC1[C@H]2CCCO[C@@H]12. The molecule has 1 heterocycles. The van der Waals surface area contributed by atoms with Gasteiger partial charge < -0.3 is 9.53 Å². The Bertz CT molecular complexity index is 121. The number of carbonyl (C=O) groups excluding carboxylic acids is 1. The van der Waals surface area contributed by atoms with Crippen molar-refractivity contribution in [1.29, 1.82) is 0 Å². The molecule has 1 unspecified atom stereocenters. The third-order valence-corrected chi connectivity index (χ3v) is 2.30. The van der Waals surface area contributed by atoms with Gasteiger partial charge in [-0.25, -0.2) is 0 Å². The number of fused-ring (bicyclic) bond motifs is 1. The van der Waals surface area contributed by atoms with Crippen LogP contribution in [0.3, 0.4) is 0 Å². The lowest BCUT2D eigenvalue weighted by molar-refractivity contribution is -0.109. The number of carbonyl (C=O) groups is 1. The molecule has 9 heavy (non-hydrogen) atoms. The lowest BCUT2D eigenvalue weighted by Gasteiger charge is -2.07. The maximum atomic E-state index is 10.3. The van der Waals surface area contributed by atoms with Gasteiger partial charge in [-0.05, 0) is 18.8 Å². The molecule has 2 heteroatoms. The Balaban J connectivity index is 1.98. The van der Waals surface area contributed by atoms with Gasteiger partial charge in [0.2, 0.25) is 0 Å². The highest BCUT2D eigenvalue weighted by Crippen LogP contribution is 2.46. The Morgan fingerprint density at radius 3 is 3.00 bits per heavy atom. The van der Waals surface area contributed by atoms with E-state index >= 15 is 0 Å². The maximum absolute atomic E-state index is 10.3. The summed E-state index contributed by atoms with van der Waals surface area (Å²) in [4.78, 5) is 10.3. The molecule has 2 fully saturated rings. The molecular weight excluding hydrogens is 116 g/mol. The summed E-state index contributed by atoms with van der Waals surface area (Å²) in [5, 5.41) is 0. The van der Waals surface area contributed by atoms with Crippen molar-refractivity contribution in [1.82, 2.24) is 0 Å². The van der Waals surface area contributed by atoms with Crippen LogP contribution in [0.5, 0.6) is 0 Å². The maximum Gasteiger partial charge on any atom is 0.126 e. The van der Waals surface area contributed by atoms with Gasteiger partial charge in [0.05, 0.1) is 6.10 Å². The number of hydrogen-bond donors (Lipinski definition) is 0. The molecule has 1 aliphatic carbocycles. The standard InChI is InChI=1S/C7H10O2/c8-4-6-5-2-1-3-9-7(5)6/h4-7H,1-3H2/t5-,6?,7-/m1/s1. The average Bonchev–Trinajstić information content (AvgIpc) is 2.60. The smallest absolute Gasteiger partial charge is 0.126 e. The first-order chi connectivity index (χ1) is 4.43. The molecule has 1 saturated heterocycles. The summed E-state index contributed by atoms with van der Waals surface area (Å²) in [5.41, 5.74) is 0. The molecule has 2 aliphatic rings. The van der Waals surface area contributed by atoms with Gasteiger partial charge in [0, 0.05) is 12.5 Å². The van der Waals surface area contributed by atoms with Gasteiger partial charge in [-0.1, -0.05) is 0 Å². The highest BCUT2D eigenvalue weighted by molar-refractivity contribution is 5.60. The molecule has 2 nitrogen and oxygen atoms in total. The Morgan fingerprint density at radius 1 is 1.56 bits per heavy atom. The van der Waals surface area contributed by atoms with E-state index in [0.717, 1.165) is 19.3 Å². The molecule has 2 rings (SSSR count). The van der Waals surface area contributed by atoms with Gasteiger partial charge in [-0.15, -0.1) is 0 Å². The Labute approximate surface area is 54.2 Å². The normalized spacial score (nSPS) is 47.8. The van der Waals surface area contributed by atoms with Crippen LogP contribution in [-0.4, -0.2) is 19.0 Å². The van der Waals surface area contributed by atoms with Crippen LogP contribution in [-0.2, 0) is 9.53 Å². The number of hydrogen-bond acceptors (Lipinski definition) is 2. The lowest BCUT2D eigenvalue weighted by Crippen LogP contribution is -2.05. The van der Waals surface area contributed by atoms with Gasteiger partial charge in [0.25, 0.3) is 0 Å². The summed E-state index contributed by atoms with van der Waals surface area (Å²) in [6.45, 7) is 0.867. The summed E-state index contributed by atoms with van der Waals surface area (Å²) < 4.78 is 5.32. The minimum Gasteiger partial charge on any atom is -0.377 e. The van der Waals surface area contributed by atoms with E-state index in [9.17, 15) is 4.79 Å². The van der Waals surface area contributed by atoms with Crippen molar-refractivity contribution in [3.05, 3.63) is 0 Å². The van der Waals surface area contributed by atoms with Crippen LogP contribution >= 0.6 is 0 Å². The second-order valence-electron chi connectivity index (χ2n) is 2.85. The van der Waals surface area contributed by atoms with Gasteiger partial charge >= 0.3 is 0 Å². The molecule has 0 N–H and O–H groups in total. The van der Waals surface area contributed by atoms with Crippen molar-refractivity contribution in [2.24, 2.45) is 11.8 Å². The van der Waals surface area contributed by atoms with E-state index in [1.54, 1.807) is 0 Å². The molecule has 1 saturated carbocycles. The van der Waals surface area contributed by atoms with Gasteiger partial charge in [0.15, 0.2) is 0 Å². The first kappa shape index (κ1) is 5.42. The predicted molar refractivity (Wildman–Crippen MR) is 32.0 cm³/mol. The van der Waals surface area contributed by atoms with Crippen LogP contribution in [0.15, 0.2) is 0 Å². The van der Waals surface area contributed by atoms with E-state index in [2.05, 4.69) is 0 Å². The zero-order valence-electron chi connectivity index (χ0n) is 5.25. The largest absolute Gasteiger partial charge is 0.377 e. The fourth-order valence-corrected chi connectivity index (χ4v) is 1.68. The Hall–Kier alpha value is -0.370. The molecule has 0 aromatic heterocycles. The molecule has 0 spiro atoms. The Morgan fingerprint density at radius 2 is 2.44 bits per heavy atom. The van der Waals surface area contributed by atoms with E-state index in [1.807, 2.05) is 0 Å². The molecule has 0 bridgehead atoms. The molecule has 0 aromatic rings. The summed E-state index contributed by atoms with van der Waals surface area (Å²) >= 11 is 0. The highest BCUT2D eigenvalue weighted by atomic mass is 16.5. The average molecular weight is 126 g/mol. The van der Waals surface area contributed by atoms with E-state index in [4.69, 9.17) is 4.74 Å². The van der Waals surface area contributed by atoms with E-state index in [0.29, 0.717) is 12.0 Å².